The Kier molecular flexibility index (Phi) is 6.68. The Bertz CT molecular complexity index is 1200. The maximum Gasteiger partial charge on any atom is 0.296 e. The Hall–Kier alpha value is -4.06. The second-order valence-corrected chi connectivity index (χ2v) is 8.45. The number of aliphatic hydroxyl groups is 1. The summed E-state index contributed by atoms with van der Waals surface area (Å²) in [6.07, 6.45) is 3.16. The summed E-state index contributed by atoms with van der Waals surface area (Å²) in [6, 6.07) is 17.2. The number of ketones is 1. The maximum absolute atomic E-state index is 13.2. The molecule has 2 aromatic carbocycles. The molecule has 0 unspecified atom stereocenters. The first-order chi connectivity index (χ1) is 16.4. The topological polar surface area (TPSA) is 80.0 Å². The Balaban J connectivity index is 1.78. The lowest BCUT2D eigenvalue weighted by atomic mass is 9.93. The third-order valence-corrected chi connectivity index (χ3v) is 5.86. The highest BCUT2D eigenvalue weighted by atomic mass is 16.5. The van der Waals surface area contributed by atoms with Gasteiger partial charge in [0.05, 0.1) is 24.4 Å². The van der Waals surface area contributed by atoms with E-state index in [4.69, 9.17) is 9.15 Å². The molecule has 1 N–H and O–H groups in total. The molecular weight excluding hydrogens is 430 g/mol. The van der Waals surface area contributed by atoms with Gasteiger partial charge in [-0.15, -0.1) is 0 Å². The van der Waals surface area contributed by atoms with Crippen molar-refractivity contribution in [2.24, 2.45) is 0 Å². The molecule has 34 heavy (non-hydrogen) atoms. The molecule has 6 heteroatoms. The summed E-state index contributed by atoms with van der Waals surface area (Å²) >= 11 is 0. The largest absolute Gasteiger partial charge is 0.507 e. The summed E-state index contributed by atoms with van der Waals surface area (Å²) in [5, 5.41) is 11.2. The monoisotopic (exact) mass is 457 g/mol. The van der Waals surface area contributed by atoms with Crippen molar-refractivity contribution in [2.45, 2.75) is 32.4 Å². The van der Waals surface area contributed by atoms with E-state index in [9.17, 15) is 14.7 Å². The minimum absolute atomic E-state index is 0.0496. The highest BCUT2D eigenvalue weighted by Crippen LogP contribution is 2.40. The van der Waals surface area contributed by atoms with Crippen LogP contribution in [0.2, 0.25) is 0 Å². The number of carbonyl (C=O) groups is 2. The number of aliphatic hydroxyl groups excluding tert-OH is 1. The van der Waals surface area contributed by atoms with E-state index in [0.29, 0.717) is 29.6 Å². The number of rotatable bonds is 8. The van der Waals surface area contributed by atoms with E-state index < -0.39 is 17.7 Å². The molecule has 0 aliphatic carbocycles. The van der Waals surface area contributed by atoms with Crippen LogP contribution in [-0.2, 0) is 16.1 Å². The Morgan fingerprint density at radius 2 is 1.82 bits per heavy atom. The Labute approximate surface area is 198 Å². The predicted octanol–water partition coefficient (Wildman–Crippen LogP) is 5.59. The molecule has 1 fully saturated rings. The van der Waals surface area contributed by atoms with E-state index in [1.807, 2.05) is 24.3 Å². The fourth-order valence-corrected chi connectivity index (χ4v) is 4.04. The van der Waals surface area contributed by atoms with E-state index in [2.05, 4.69) is 20.4 Å². The van der Waals surface area contributed by atoms with Crippen LogP contribution in [0.15, 0.2) is 89.6 Å². The molecule has 3 aromatic rings. The zero-order chi connectivity index (χ0) is 24.2. The van der Waals surface area contributed by atoms with E-state index in [0.717, 1.165) is 11.1 Å². The lowest BCUT2D eigenvalue weighted by Gasteiger charge is -2.25. The normalized spacial score (nSPS) is 17.4. The van der Waals surface area contributed by atoms with Gasteiger partial charge in [-0.25, -0.2) is 0 Å². The molecule has 4 rings (SSSR count). The molecule has 0 radical (unpaired) electrons. The summed E-state index contributed by atoms with van der Waals surface area (Å²) in [5.41, 5.74) is 2.35. The van der Waals surface area contributed by atoms with E-state index in [-0.39, 0.29) is 17.9 Å². The van der Waals surface area contributed by atoms with Crippen molar-refractivity contribution >= 4 is 17.4 Å². The molecule has 1 aliphatic heterocycles. The zero-order valence-electron chi connectivity index (χ0n) is 19.2. The van der Waals surface area contributed by atoms with Gasteiger partial charge < -0.3 is 19.2 Å². The standard InChI is InChI=1S/C28H27NO5/c1-4-15-33-22-13-11-21(12-14-22)26(30)24-25(20-9-7-19(8-10-20)18(2)3)29(28(32)27(24)31)17-23-6-5-16-34-23/h4-14,16,18,25,30H,1,15,17H2,2-3H3/t25-/m1/s1. The first-order valence-electron chi connectivity index (χ1n) is 11.2. The summed E-state index contributed by atoms with van der Waals surface area (Å²) in [6.45, 7) is 8.28. The molecule has 0 bridgehead atoms. The summed E-state index contributed by atoms with van der Waals surface area (Å²) < 4.78 is 10.9. The van der Waals surface area contributed by atoms with Crippen molar-refractivity contribution < 1.29 is 23.8 Å². The molecule has 1 aliphatic rings. The fraction of sp³-hybridized carbons (Fsp3) is 0.214. The molecule has 0 saturated carbocycles. The van der Waals surface area contributed by atoms with Crippen molar-refractivity contribution in [3.63, 3.8) is 0 Å². The van der Waals surface area contributed by atoms with E-state index in [1.54, 1.807) is 42.5 Å². The molecular formula is C28H27NO5. The second-order valence-electron chi connectivity index (χ2n) is 8.45. The lowest BCUT2D eigenvalue weighted by Crippen LogP contribution is -2.29. The predicted molar refractivity (Wildman–Crippen MR) is 129 cm³/mol. The van der Waals surface area contributed by atoms with Crippen LogP contribution < -0.4 is 4.74 Å². The average Bonchev–Trinajstić information content (AvgIpc) is 3.45. The number of likely N-dealkylation sites (tertiary alicyclic amines) is 1. The molecule has 174 valence electrons. The smallest absolute Gasteiger partial charge is 0.296 e. The van der Waals surface area contributed by atoms with Gasteiger partial charge in [0.2, 0.25) is 0 Å². The number of Topliss-reactive ketones (excluding diaryl/α,β-unsaturated/α-hetero) is 1. The van der Waals surface area contributed by atoms with Crippen LogP contribution in [0.4, 0.5) is 0 Å². The highest BCUT2D eigenvalue weighted by Gasteiger charge is 2.46. The van der Waals surface area contributed by atoms with Gasteiger partial charge >= 0.3 is 0 Å². The van der Waals surface area contributed by atoms with Crippen LogP contribution in [0.25, 0.3) is 5.76 Å². The summed E-state index contributed by atoms with van der Waals surface area (Å²) in [5.74, 6) is -0.139. The van der Waals surface area contributed by atoms with Gasteiger partial charge in [-0.05, 0) is 53.4 Å². The first-order valence-corrected chi connectivity index (χ1v) is 11.2. The lowest BCUT2D eigenvalue weighted by molar-refractivity contribution is -0.140. The van der Waals surface area contributed by atoms with Crippen molar-refractivity contribution in [1.29, 1.82) is 0 Å². The SMILES string of the molecule is C=CCOc1ccc(C(O)=C2C(=O)C(=O)N(Cc3ccco3)[C@@H]2c2ccc(C(C)C)cc2)cc1. The van der Waals surface area contributed by atoms with Crippen molar-refractivity contribution in [2.75, 3.05) is 6.61 Å². The number of hydrogen-bond donors (Lipinski definition) is 1. The molecule has 6 nitrogen and oxygen atoms in total. The summed E-state index contributed by atoms with van der Waals surface area (Å²) in [4.78, 5) is 27.7. The highest BCUT2D eigenvalue weighted by molar-refractivity contribution is 6.46. The van der Waals surface area contributed by atoms with Gasteiger partial charge in [0.1, 0.15) is 23.9 Å². The van der Waals surface area contributed by atoms with E-state index >= 15 is 0 Å². The third-order valence-electron chi connectivity index (χ3n) is 5.86. The van der Waals surface area contributed by atoms with Gasteiger partial charge in [0.25, 0.3) is 11.7 Å². The first kappa shape index (κ1) is 23.1. The van der Waals surface area contributed by atoms with Gasteiger partial charge in [-0.3, -0.25) is 9.59 Å². The zero-order valence-corrected chi connectivity index (χ0v) is 19.2. The van der Waals surface area contributed by atoms with Gasteiger partial charge in [0.15, 0.2) is 0 Å². The molecule has 1 aromatic heterocycles. The number of amides is 1. The fourth-order valence-electron chi connectivity index (χ4n) is 4.04. The van der Waals surface area contributed by atoms with Gasteiger partial charge in [0, 0.05) is 5.56 Å². The maximum atomic E-state index is 13.2. The number of carbonyl (C=O) groups excluding carboxylic acids is 2. The number of ether oxygens (including phenoxy) is 1. The van der Waals surface area contributed by atoms with Crippen LogP contribution in [0.1, 0.15) is 48.3 Å². The summed E-state index contributed by atoms with van der Waals surface area (Å²) in [7, 11) is 0. The van der Waals surface area contributed by atoms with Gasteiger partial charge in [-0.2, -0.15) is 0 Å². The van der Waals surface area contributed by atoms with Gasteiger partial charge in [-0.1, -0.05) is 50.8 Å². The van der Waals surface area contributed by atoms with Crippen LogP contribution in [-0.4, -0.2) is 28.3 Å². The molecule has 1 atom stereocenters. The number of furan rings is 1. The van der Waals surface area contributed by atoms with E-state index in [1.165, 1.54) is 11.2 Å². The van der Waals surface area contributed by atoms with Crippen LogP contribution in [0.3, 0.4) is 0 Å². The minimum atomic E-state index is -0.747. The molecule has 1 saturated heterocycles. The number of benzene rings is 2. The average molecular weight is 458 g/mol. The third kappa shape index (κ3) is 4.53. The van der Waals surface area contributed by atoms with Crippen LogP contribution in [0, 0.1) is 0 Å². The van der Waals surface area contributed by atoms with Crippen molar-refractivity contribution in [1.82, 2.24) is 4.90 Å². The molecule has 2 heterocycles. The Morgan fingerprint density at radius 1 is 1.12 bits per heavy atom. The van der Waals surface area contributed by atoms with Crippen LogP contribution >= 0.6 is 0 Å². The van der Waals surface area contributed by atoms with Crippen LogP contribution in [0.5, 0.6) is 5.75 Å². The number of nitrogens with zero attached hydrogens (tertiary/aromatic N) is 1. The second kappa shape index (κ2) is 9.83. The Morgan fingerprint density at radius 3 is 2.41 bits per heavy atom. The number of hydrogen-bond acceptors (Lipinski definition) is 5. The van der Waals surface area contributed by atoms with Crippen molar-refractivity contribution in [3.8, 4) is 5.75 Å². The van der Waals surface area contributed by atoms with Crippen molar-refractivity contribution in [3.05, 3.63) is 108 Å². The molecule has 0 spiro atoms. The quantitative estimate of drug-likeness (QED) is 0.206. The molecule has 1 amide bonds. The minimum Gasteiger partial charge on any atom is -0.507 e.